The molecule has 1 fully saturated rings. The summed E-state index contributed by atoms with van der Waals surface area (Å²) in [6.45, 7) is 4.56. The Hall–Kier alpha value is -0.0400. The fourth-order valence-electron chi connectivity index (χ4n) is 1.41. The third-order valence-corrected chi connectivity index (χ3v) is 2.07. The molecule has 0 aliphatic carbocycles. The van der Waals surface area contributed by atoms with E-state index in [4.69, 9.17) is 1.37 Å². The summed E-state index contributed by atoms with van der Waals surface area (Å²) < 4.78 is 7.79. The summed E-state index contributed by atoms with van der Waals surface area (Å²) in [6, 6.07) is 0. The van der Waals surface area contributed by atoms with E-state index in [0.717, 1.165) is 25.9 Å². The zero-order valence-electron chi connectivity index (χ0n) is 7.97. The van der Waals surface area contributed by atoms with Gasteiger partial charge in [0.1, 0.15) is 0 Å². The van der Waals surface area contributed by atoms with Crippen molar-refractivity contribution < 1.29 is 1.37 Å². The van der Waals surface area contributed by atoms with E-state index in [9.17, 15) is 0 Å². The molecule has 1 aliphatic heterocycles. The third kappa shape index (κ3) is 2.70. The van der Waals surface area contributed by atoms with Crippen LogP contribution >= 0.6 is 0 Å². The van der Waals surface area contributed by atoms with Crippen LogP contribution in [0.5, 0.6) is 0 Å². The Labute approximate surface area is 65.8 Å². The Morgan fingerprint density at radius 1 is 1.30 bits per heavy atom. The summed E-state index contributed by atoms with van der Waals surface area (Å²) in [5, 5.41) is 0. The maximum absolute atomic E-state index is 7.79. The Morgan fingerprint density at radius 2 is 2.00 bits per heavy atom. The van der Waals surface area contributed by atoms with Gasteiger partial charge in [-0.2, -0.15) is 0 Å². The van der Waals surface area contributed by atoms with E-state index in [-0.39, 0.29) is 6.52 Å². The molecule has 1 nitrogen and oxygen atoms in total. The topological polar surface area (TPSA) is 3.24 Å². The molecule has 0 aromatic heterocycles. The predicted molar refractivity (Wildman–Crippen MR) is 45.2 cm³/mol. The Kier molecular flexibility index (Phi) is 3.15. The highest BCUT2D eigenvalue weighted by Crippen LogP contribution is 2.08. The lowest BCUT2D eigenvalue weighted by Crippen LogP contribution is -2.30. The Bertz CT molecular complexity index is 99.7. The fraction of sp³-hybridized carbons (Fsp3) is 1.00. The van der Waals surface area contributed by atoms with Crippen molar-refractivity contribution in [3.05, 3.63) is 0 Å². The van der Waals surface area contributed by atoms with Gasteiger partial charge in [0.05, 0.1) is 0 Å². The van der Waals surface area contributed by atoms with Crippen molar-refractivity contribution in [3.63, 3.8) is 0 Å². The van der Waals surface area contributed by atoms with Crippen molar-refractivity contribution in [2.75, 3.05) is 19.6 Å². The number of likely N-dealkylation sites (tertiary alicyclic amines) is 1. The van der Waals surface area contributed by atoms with Crippen LogP contribution in [0, 0.1) is 0 Å². The molecule has 0 amide bonds. The SMILES string of the molecule is [2H]C(CCC)N1CCCCC1. The zero-order valence-corrected chi connectivity index (χ0v) is 6.97. The van der Waals surface area contributed by atoms with Crippen LogP contribution in [0.3, 0.4) is 0 Å². The molecule has 0 bridgehead atoms. The van der Waals surface area contributed by atoms with Gasteiger partial charge in [0.2, 0.25) is 0 Å². The molecule has 10 heavy (non-hydrogen) atoms. The molecular formula is C9H19N. The summed E-state index contributed by atoms with van der Waals surface area (Å²) in [4.78, 5) is 2.31. The summed E-state index contributed by atoms with van der Waals surface area (Å²) in [5.74, 6) is 0. The van der Waals surface area contributed by atoms with Crippen LogP contribution in [0.2, 0.25) is 0 Å². The highest BCUT2D eigenvalue weighted by molar-refractivity contribution is 4.63. The molecule has 0 saturated carbocycles. The van der Waals surface area contributed by atoms with Crippen LogP contribution in [0.25, 0.3) is 0 Å². The predicted octanol–water partition coefficient (Wildman–Crippen LogP) is 2.27. The van der Waals surface area contributed by atoms with E-state index >= 15 is 0 Å². The quantitative estimate of drug-likeness (QED) is 0.584. The van der Waals surface area contributed by atoms with Gasteiger partial charge in [-0.25, -0.2) is 0 Å². The molecule has 1 unspecified atom stereocenters. The van der Waals surface area contributed by atoms with Gasteiger partial charge in [-0.15, -0.1) is 0 Å². The summed E-state index contributed by atoms with van der Waals surface area (Å²) in [7, 11) is 0. The molecule has 1 heterocycles. The van der Waals surface area contributed by atoms with Crippen LogP contribution in [0.15, 0.2) is 0 Å². The fourth-order valence-corrected chi connectivity index (χ4v) is 1.41. The molecule has 1 atom stereocenters. The van der Waals surface area contributed by atoms with E-state index in [1.165, 1.54) is 19.3 Å². The van der Waals surface area contributed by atoms with Gasteiger partial charge in [0.25, 0.3) is 0 Å². The monoisotopic (exact) mass is 142 g/mol. The van der Waals surface area contributed by atoms with Crippen molar-refractivity contribution in [3.8, 4) is 0 Å². The lowest BCUT2D eigenvalue weighted by Gasteiger charge is -2.25. The van der Waals surface area contributed by atoms with E-state index in [1.54, 1.807) is 0 Å². The average molecular weight is 142 g/mol. The van der Waals surface area contributed by atoms with E-state index < -0.39 is 0 Å². The van der Waals surface area contributed by atoms with Crippen molar-refractivity contribution in [1.29, 1.82) is 0 Å². The number of piperidine rings is 1. The lowest BCUT2D eigenvalue weighted by molar-refractivity contribution is 0.226. The van der Waals surface area contributed by atoms with Crippen LogP contribution in [0.4, 0.5) is 0 Å². The van der Waals surface area contributed by atoms with Gasteiger partial charge in [0, 0.05) is 1.37 Å². The Morgan fingerprint density at radius 3 is 2.60 bits per heavy atom. The van der Waals surface area contributed by atoms with E-state index in [0.29, 0.717) is 0 Å². The molecule has 0 aromatic rings. The van der Waals surface area contributed by atoms with Gasteiger partial charge in [0.15, 0.2) is 0 Å². The molecular weight excluding hydrogens is 122 g/mol. The molecule has 1 heteroatoms. The van der Waals surface area contributed by atoms with E-state index in [1.807, 2.05) is 0 Å². The molecule has 1 aliphatic rings. The van der Waals surface area contributed by atoms with Crippen molar-refractivity contribution in [1.82, 2.24) is 4.90 Å². The molecule has 1 saturated heterocycles. The third-order valence-electron chi connectivity index (χ3n) is 2.07. The summed E-state index contributed by atoms with van der Waals surface area (Å²) >= 11 is 0. The maximum Gasteiger partial charge on any atom is 0.0431 e. The highest BCUT2D eigenvalue weighted by Gasteiger charge is 2.07. The molecule has 60 valence electrons. The van der Waals surface area contributed by atoms with Crippen molar-refractivity contribution in [2.24, 2.45) is 0 Å². The van der Waals surface area contributed by atoms with Crippen molar-refractivity contribution in [2.45, 2.75) is 39.0 Å². The smallest absolute Gasteiger partial charge is 0.0431 e. The number of rotatable bonds is 3. The lowest BCUT2D eigenvalue weighted by atomic mass is 10.1. The van der Waals surface area contributed by atoms with Gasteiger partial charge >= 0.3 is 0 Å². The van der Waals surface area contributed by atoms with Crippen LogP contribution in [-0.4, -0.2) is 24.5 Å². The first kappa shape index (κ1) is 6.66. The molecule has 0 N–H and O–H groups in total. The van der Waals surface area contributed by atoms with Gasteiger partial charge in [-0.05, 0) is 38.9 Å². The van der Waals surface area contributed by atoms with Gasteiger partial charge < -0.3 is 4.90 Å². The first-order valence-electron chi connectivity index (χ1n) is 5.08. The Balaban J connectivity index is 2.21. The second kappa shape index (κ2) is 4.73. The molecule has 0 radical (unpaired) electrons. The first-order valence-corrected chi connectivity index (χ1v) is 4.51. The average Bonchev–Trinajstić information content (AvgIpc) is 2.07. The standard InChI is InChI=1S/C9H19N/c1-2-3-7-10-8-5-4-6-9-10/h2-9H2,1H3/i7D. The zero-order chi connectivity index (χ0) is 8.10. The minimum absolute atomic E-state index is 0.0836. The second-order valence-corrected chi connectivity index (χ2v) is 3.07. The summed E-state index contributed by atoms with van der Waals surface area (Å²) in [5.41, 5.74) is 0. The van der Waals surface area contributed by atoms with Gasteiger partial charge in [-0.1, -0.05) is 19.8 Å². The summed E-state index contributed by atoms with van der Waals surface area (Å²) in [6.07, 6.45) is 6.16. The van der Waals surface area contributed by atoms with Crippen LogP contribution in [-0.2, 0) is 0 Å². The first-order chi connectivity index (χ1) is 5.34. The van der Waals surface area contributed by atoms with E-state index in [2.05, 4.69) is 11.8 Å². The number of nitrogens with zero attached hydrogens (tertiary/aromatic N) is 1. The largest absolute Gasteiger partial charge is 0.303 e. The number of hydrogen-bond donors (Lipinski definition) is 0. The highest BCUT2D eigenvalue weighted by atomic mass is 15.1. The molecule has 0 spiro atoms. The minimum Gasteiger partial charge on any atom is -0.303 e. The van der Waals surface area contributed by atoms with Crippen molar-refractivity contribution >= 4 is 0 Å². The molecule has 0 aromatic carbocycles. The van der Waals surface area contributed by atoms with Crippen LogP contribution < -0.4 is 0 Å². The van der Waals surface area contributed by atoms with Gasteiger partial charge in [-0.3, -0.25) is 0 Å². The second-order valence-electron chi connectivity index (χ2n) is 3.07. The maximum atomic E-state index is 7.79. The number of hydrogen-bond acceptors (Lipinski definition) is 1. The molecule has 1 rings (SSSR count). The van der Waals surface area contributed by atoms with Crippen LogP contribution in [0.1, 0.15) is 40.4 Å². The normalized spacial score (nSPS) is 25.9. The minimum atomic E-state index is 0.0836.